The molecule has 27 heavy (non-hydrogen) atoms. The molecule has 0 aliphatic heterocycles. The number of benzene rings is 2. The fraction of sp³-hybridized carbons (Fsp3) is 0.167. The van der Waals surface area contributed by atoms with E-state index in [9.17, 15) is 13.2 Å². The Balaban J connectivity index is 2.07. The number of halogens is 1. The van der Waals surface area contributed by atoms with E-state index < -0.39 is 10.0 Å². The molecule has 0 spiro atoms. The van der Waals surface area contributed by atoms with Crippen LogP contribution in [0.1, 0.15) is 0 Å². The van der Waals surface area contributed by atoms with Gasteiger partial charge in [0.25, 0.3) is 15.9 Å². The monoisotopic (exact) mass is 410 g/mol. The summed E-state index contributed by atoms with van der Waals surface area (Å²) in [6.45, 7) is 3.57. The lowest BCUT2D eigenvalue weighted by atomic mass is 10.3. The van der Waals surface area contributed by atoms with E-state index in [-0.39, 0.29) is 28.2 Å². The smallest absolute Gasteiger partial charge is 0.261 e. The molecule has 1 amide bonds. The van der Waals surface area contributed by atoms with Gasteiger partial charge in [-0.25, -0.2) is 8.42 Å². The van der Waals surface area contributed by atoms with Gasteiger partial charge in [0.15, 0.2) is 6.61 Å². The van der Waals surface area contributed by atoms with Crippen LogP contribution in [-0.2, 0) is 14.8 Å². The Bertz CT molecular complexity index is 914. The zero-order valence-electron chi connectivity index (χ0n) is 14.6. The molecule has 2 N–H and O–H groups in total. The topological polar surface area (TPSA) is 93.7 Å². The van der Waals surface area contributed by atoms with Crippen molar-refractivity contribution in [3.05, 3.63) is 60.1 Å². The molecule has 0 bridgehead atoms. The van der Waals surface area contributed by atoms with Gasteiger partial charge in [-0.3, -0.25) is 9.52 Å². The molecular weight excluding hydrogens is 392 g/mol. The van der Waals surface area contributed by atoms with Crippen LogP contribution in [0.2, 0.25) is 5.02 Å². The van der Waals surface area contributed by atoms with Gasteiger partial charge in [-0.15, -0.1) is 6.58 Å². The molecule has 0 aromatic heterocycles. The minimum Gasteiger partial charge on any atom is -0.497 e. The number of ether oxygens (including phenoxy) is 2. The standard InChI is InChI=1S/C18H19ClN2O5S/c1-3-10-20-18(22)12-26-17-9-8-15(11-16(17)19)27(23,24)21-13-4-6-14(25-2)7-5-13/h3-9,11,21H,1,10,12H2,2H3,(H,20,22). The molecule has 144 valence electrons. The molecule has 0 atom stereocenters. The third-order valence-electron chi connectivity index (χ3n) is 3.36. The third kappa shape index (κ3) is 5.90. The number of rotatable bonds is 9. The molecule has 0 radical (unpaired) electrons. The molecule has 2 aromatic rings. The third-order valence-corrected chi connectivity index (χ3v) is 5.03. The fourth-order valence-corrected chi connectivity index (χ4v) is 3.40. The van der Waals surface area contributed by atoms with Gasteiger partial charge in [0, 0.05) is 12.2 Å². The van der Waals surface area contributed by atoms with Crippen molar-refractivity contribution >= 4 is 33.2 Å². The number of hydrogen-bond acceptors (Lipinski definition) is 5. The van der Waals surface area contributed by atoms with Crippen molar-refractivity contribution in [3.8, 4) is 11.5 Å². The van der Waals surface area contributed by atoms with Crippen LogP contribution in [-0.4, -0.2) is 34.6 Å². The zero-order valence-corrected chi connectivity index (χ0v) is 16.1. The lowest BCUT2D eigenvalue weighted by Crippen LogP contribution is -2.28. The Morgan fingerprint density at radius 1 is 1.22 bits per heavy atom. The van der Waals surface area contributed by atoms with Gasteiger partial charge in [0.2, 0.25) is 0 Å². The summed E-state index contributed by atoms with van der Waals surface area (Å²) in [5.41, 5.74) is 0.381. The molecule has 0 aliphatic carbocycles. The average molecular weight is 411 g/mol. The fourth-order valence-electron chi connectivity index (χ4n) is 2.02. The number of hydrogen-bond donors (Lipinski definition) is 2. The summed E-state index contributed by atoms with van der Waals surface area (Å²) >= 11 is 6.08. The van der Waals surface area contributed by atoms with Crippen LogP contribution in [0.25, 0.3) is 0 Å². The highest BCUT2D eigenvalue weighted by Crippen LogP contribution is 2.28. The Labute approximate surface area is 163 Å². The molecule has 0 saturated heterocycles. The lowest BCUT2D eigenvalue weighted by molar-refractivity contribution is -0.122. The van der Waals surface area contributed by atoms with Crippen molar-refractivity contribution in [2.24, 2.45) is 0 Å². The van der Waals surface area contributed by atoms with E-state index in [1.165, 1.54) is 25.3 Å². The first-order chi connectivity index (χ1) is 12.9. The van der Waals surface area contributed by atoms with Crippen molar-refractivity contribution in [3.63, 3.8) is 0 Å². The van der Waals surface area contributed by atoms with Gasteiger partial charge < -0.3 is 14.8 Å². The number of nitrogens with one attached hydrogen (secondary N) is 2. The number of methoxy groups -OCH3 is 1. The number of amides is 1. The van der Waals surface area contributed by atoms with Crippen LogP contribution in [0, 0.1) is 0 Å². The minimum atomic E-state index is -3.84. The normalized spacial score (nSPS) is 10.7. The van der Waals surface area contributed by atoms with Gasteiger partial charge in [-0.05, 0) is 42.5 Å². The van der Waals surface area contributed by atoms with Crippen LogP contribution in [0.15, 0.2) is 60.0 Å². The van der Waals surface area contributed by atoms with E-state index in [0.29, 0.717) is 18.0 Å². The highest BCUT2D eigenvalue weighted by atomic mass is 35.5. The first-order valence-electron chi connectivity index (χ1n) is 7.82. The maximum Gasteiger partial charge on any atom is 0.261 e. The Morgan fingerprint density at radius 3 is 2.52 bits per heavy atom. The number of anilines is 1. The second-order valence-electron chi connectivity index (χ2n) is 5.31. The van der Waals surface area contributed by atoms with Gasteiger partial charge in [0.1, 0.15) is 11.5 Å². The summed E-state index contributed by atoms with van der Waals surface area (Å²) in [7, 11) is -2.31. The molecule has 2 aromatic carbocycles. The van der Waals surface area contributed by atoms with E-state index >= 15 is 0 Å². The van der Waals surface area contributed by atoms with Crippen LogP contribution in [0.4, 0.5) is 5.69 Å². The Hall–Kier alpha value is -2.71. The average Bonchev–Trinajstić information content (AvgIpc) is 2.65. The number of sulfonamides is 1. The van der Waals surface area contributed by atoms with Crippen molar-refractivity contribution in [1.29, 1.82) is 0 Å². The number of carbonyl (C=O) groups excluding carboxylic acids is 1. The SMILES string of the molecule is C=CCNC(=O)COc1ccc(S(=O)(=O)Nc2ccc(OC)cc2)cc1Cl. The van der Waals surface area contributed by atoms with Crippen molar-refractivity contribution < 1.29 is 22.7 Å². The maximum absolute atomic E-state index is 12.5. The van der Waals surface area contributed by atoms with E-state index in [2.05, 4.69) is 16.6 Å². The largest absolute Gasteiger partial charge is 0.497 e. The summed E-state index contributed by atoms with van der Waals surface area (Å²) in [5, 5.41) is 2.63. The Morgan fingerprint density at radius 2 is 1.93 bits per heavy atom. The van der Waals surface area contributed by atoms with Crippen LogP contribution >= 0.6 is 11.6 Å². The Kier molecular flexibility index (Phi) is 7.09. The highest BCUT2D eigenvalue weighted by Gasteiger charge is 2.17. The summed E-state index contributed by atoms with van der Waals surface area (Å²) in [4.78, 5) is 11.5. The molecule has 7 nitrogen and oxygen atoms in total. The molecule has 2 rings (SSSR count). The van der Waals surface area contributed by atoms with Gasteiger partial charge in [-0.1, -0.05) is 17.7 Å². The first-order valence-corrected chi connectivity index (χ1v) is 9.68. The molecule has 0 heterocycles. The molecule has 9 heteroatoms. The zero-order chi connectivity index (χ0) is 19.9. The number of carbonyl (C=O) groups is 1. The van der Waals surface area contributed by atoms with Crippen LogP contribution in [0.3, 0.4) is 0 Å². The summed E-state index contributed by atoms with van der Waals surface area (Å²) in [6, 6.07) is 10.4. The van der Waals surface area contributed by atoms with E-state index in [1.807, 2.05) is 0 Å². The molecule has 0 saturated carbocycles. The second-order valence-corrected chi connectivity index (χ2v) is 7.40. The summed E-state index contributed by atoms with van der Waals surface area (Å²) < 4.78 is 37.8. The van der Waals surface area contributed by atoms with Gasteiger partial charge in [-0.2, -0.15) is 0 Å². The van der Waals surface area contributed by atoms with Crippen LogP contribution < -0.4 is 19.5 Å². The molecule has 0 fully saturated rings. The molecule has 0 aliphatic rings. The van der Waals surface area contributed by atoms with E-state index in [0.717, 1.165) is 0 Å². The minimum absolute atomic E-state index is 0.0354. The predicted molar refractivity (Wildman–Crippen MR) is 104 cm³/mol. The van der Waals surface area contributed by atoms with E-state index in [1.54, 1.807) is 30.3 Å². The quantitative estimate of drug-likeness (QED) is 0.620. The summed E-state index contributed by atoms with van der Waals surface area (Å²) in [5.74, 6) is 0.470. The van der Waals surface area contributed by atoms with Gasteiger partial charge in [0.05, 0.1) is 17.0 Å². The second kappa shape index (κ2) is 9.29. The van der Waals surface area contributed by atoms with Crippen molar-refractivity contribution in [2.45, 2.75) is 4.90 Å². The maximum atomic E-state index is 12.5. The van der Waals surface area contributed by atoms with Crippen LogP contribution in [0.5, 0.6) is 11.5 Å². The first kappa shape index (κ1) is 20.6. The highest BCUT2D eigenvalue weighted by molar-refractivity contribution is 7.92. The predicted octanol–water partition coefficient (Wildman–Crippen LogP) is 2.83. The van der Waals surface area contributed by atoms with Crippen molar-refractivity contribution in [2.75, 3.05) is 25.0 Å². The van der Waals surface area contributed by atoms with E-state index in [4.69, 9.17) is 21.1 Å². The molecular formula is C18H19ClN2O5S. The van der Waals surface area contributed by atoms with Crippen molar-refractivity contribution in [1.82, 2.24) is 5.32 Å². The summed E-state index contributed by atoms with van der Waals surface area (Å²) in [6.07, 6.45) is 1.54. The molecule has 0 unspecified atom stereocenters. The lowest BCUT2D eigenvalue weighted by Gasteiger charge is -2.11. The van der Waals surface area contributed by atoms with Gasteiger partial charge >= 0.3 is 0 Å².